The number of tetrazole rings is 1. The van der Waals surface area contributed by atoms with Gasteiger partial charge >= 0.3 is 5.97 Å². The van der Waals surface area contributed by atoms with Crippen LogP contribution in [0.1, 0.15) is 29.0 Å². The van der Waals surface area contributed by atoms with Crippen LogP contribution in [0.2, 0.25) is 0 Å². The molecule has 1 saturated heterocycles. The molecule has 2 atom stereocenters. The molecule has 0 radical (unpaired) electrons. The molecule has 2 aromatic rings. The molecule has 144 valence electrons. The maximum atomic E-state index is 12.3. The number of aromatic carboxylic acids is 1. The summed E-state index contributed by atoms with van der Waals surface area (Å²) in [6, 6.07) is 5.95. The molecule has 27 heavy (non-hydrogen) atoms. The third kappa shape index (κ3) is 5.00. The fraction of sp³-hybridized carbons (Fsp3) is 0.471. The van der Waals surface area contributed by atoms with Crippen molar-refractivity contribution in [2.75, 3.05) is 13.2 Å². The zero-order chi connectivity index (χ0) is 19.2. The van der Waals surface area contributed by atoms with E-state index in [9.17, 15) is 9.59 Å². The average Bonchev–Trinajstić information content (AvgIpc) is 3.07. The summed E-state index contributed by atoms with van der Waals surface area (Å²) in [6.07, 6.45) is 0.532. The largest absolute Gasteiger partial charge is 0.486 e. The van der Waals surface area contributed by atoms with Crippen LogP contribution in [0.15, 0.2) is 24.3 Å². The zero-order valence-electron chi connectivity index (χ0n) is 14.9. The molecule has 0 aliphatic carbocycles. The van der Waals surface area contributed by atoms with Crippen molar-refractivity contribution in [2.45, 2.75) is 38.5 Å². The fourth-order valence-electron chi connectivity index (χ4n) is 2.79. The highest BCUT2D eigenvalue weighted by atomic mass is 16.5. The van der Waals surface area contributed by atoms with Gasteiger partial charge in [0, 0.05) is 13.0 Å². The maximum Gasteiger partial charge on any atom is 0.335 e. The number of nitrogens with one attached hydrogen (secondary N) is 1. The number of hydrogen-bond donors (Lipinski definition) is 2. The normalized spacial score (nSPS) is 19.4. The molecule has 0 spiro atoms. The van der Waals surface area contributed by atoms with Crippen molar-refractivity contribution in [3.05, 3.63) is 35.7 Å². The lowest BCUT2D eigenvalue weighted by molar-refractivity contribution is -0.124. The molecular formula is C17H21N5O5. The number of aromatic nitrogens is 4. The van der Waals surface area contributed by atoms with Crippen LogP contribution >= 0.6 is 0 Å². The third-order valence-corrected chi connectivity index (χ3v) is 4.30. The molecular weight excluding hydrogens is 354 g/mol. The van der Waals surface area contributed by atoms with E-state index in [1.807, 2.05) is 0 Å². The van der Waals surface area contributed by atoms with Crippen LogP contribution in [0.3, 0.4) is 0 Å². The molecule has 3 rings (SSSR count). The van der Waals surface area contributed by atoms with Gasteiger partial charge in [-0.3, -0.25) is 4.79 Å². The molecule has 1 aliphatic rings. The molecule has 2 heterocycles. The molecule has 1 aromatic heterocycles. The van der Waals surface area contributed by atoms with Crippen LogP contribution in [0.25, 0.3) is 0 Å². The molecule has 0 saturated carbocycles. The number of hydrogen-bond acceptors (Lipinski definition) is 7. The van der Waals surface area contributed by atoms with Gasteiger partial charge in [0.2, 0.25) is 5.91 Å². The van der Waals surface area contributed by atoms with Gasteiger partial charge in [-0.05, 0) is 48.0 Å². The van der Waals surface area contributed by atoms with Gasteiger partial charge in [-0.1, -0.05) is 0 Å². The van der Waals surface area contributed by atoms with Crippen molar-refractivity contribution in [1.82, 2.24) is 25.5 Å². The summed E-state index contributed by atoms with van der Waals surface area (Å²) in [5.74, 6) is 0.0658. The number of benzene rings is 1. The van der Waals surface area contributed by atoms with Gasteiger partial charge in [-0.15, -0.1) is 5.10 Å². The van der Waals surface area contributed by atoms with Crippen molar-refractivity contribution in [1.29, 1.82) is 0 Å². The number of carboxylic acid groups (broad SMARTS) is 1. The highest BCUT2D eigenvalue weighted by Crippen LogP contribution is 2.19. The van der Waals surface area contributed by atoms with Crippen LogP contribution < -0.4 is 10.1 Å². The minimum Gasteiger partial charge on any atom is -0.486 e. The third-order valence-electron chi connectivity index (χ3n) is 4.30. The molecule has 2 N–H and O–H groups in total. The van der Waals surface area contributed by atoms with E-state index in [1.165, 1.54) is 12.1 Å². The SMILES string of the molecule is Cc1nnnn1CCC(=O)N[C@@H]1CCOC[C@H]1Oc1ccc(C(=O)O)cc1. The number of aryl methyl sites for hydroxylation is 2. The van der Waals surface area contributed by atoms with Crippen molar-refractivity contribution in [3.63, 3.8) is 0 Å². The summed E-state index contributed by atoms with van der Waals surface area (Å²) in [4.78, 5) is 23.2. The van der Waals surface area contributed by atoms with E-state index >= 15 is 0 Å². The van der Waals surface area contributed by atoms with Crippen molar-refractivity contribution < 1.29 is 24.2 Å². The smallest absolute Gasteiger partial charge is 0.335 e. The molecule has 1 fully saturated rings. The van der Waals surface area contributed by atoms with E-state index in [0.717, 1.165) is 0 Å². The van der Waals surface area contributed by atoms with Crippen molar-refractivity contribution >= 4 is 11.9 Å². The predicted molar refractivity (Wildman–Crippen MR) is 92.4 cm³/mol. The topological polar surface area (TPSA) is 128 Å². The quantitative estimate of drug-likeness (QED) is 0.713. The van der Waals surface area contributed by atoms with E-state index in [2.05, 4.69) is 20.8 Å². The lowest BCUT2D eigenvalue weighted by Crippen LogP contribution is -2.51. The second-order valence-electron chi connectivity index (χ2n) is 6.22. The Morgan fingerprint density at radius 1 is 1.37 bits per heavy atom. The molecule has 10 heteroatoms. The number of rotatable bonds is 7. The molecule has 0 unspecified atom stereocenters. The second kappa shape index (κ2) is 8.58. The Morgan fingerprint density at radius 3 is 2.81 bits per heavy atom. The summed E-state index contributed by atoms with van der Waals surface area (Å²) >= 11 is 0. The first-order valence-corrected chi connectivity index (χ1v) is 8.63. The monoisotopic (exact) mass is 375 g/mol. The first-order valence-electron chi connectivity index (χ1n) is 8.63. The van der Waals surface area contributed by atoms with Crippen LogP contribution in [0.4, 0.5) is 0 Å². The van der Waals surface area contributed by atoms with Gasteiger partial charge in [0.05, 0.1) is 24.8 Å². The number of ether oxygens (including phenoxy) is 2. The highest BCUT2D eigenvalue weighted by Gasteiger charge is 2.29. The van der Waals surface area contributed by atoms with Crippen molar-refractivity contribution in [2.24, 2.45) is 0 Å². The molecule has 1 aromatic carbocycles. The minimum absolute atomic E-state index is 0.119. The molecule has 1 aliphatic heterocycles. The second-order valence-corrected chi connectivity index (χ2v) is 6.22. The van der Waals surface area contributed by atoms with E-state index < -0.39 is 5.97 Å². The van der Waals surface area contributed by atoms with Crippen LogP contribution in [0.5, 0.6) is 5.75 Å². The molecule has 10 nitrogen and oxygen atoms in total. The number of carbonyl (C=O) groups is 2. The van der Waals surface area contributed by atoms with Gasteiger partial charge < -0.3 is 19.9 Å². The zero-order valence-corrected chi connectivity index (χ0v) is 14.9. The van der Waals surface area contributed by atoms with E-state index in [0.29, 0.717) is 37.8 Å². The Morgan fingerprint density at radius 2 is 2.15 bits per heavy atom. The molecule has 1 amide bonds. The lowest BCUT2D eigenvalue weighted by Gasteiger charge is -2.32. The van der Waals surface area contributed by atoms with E-state index in [1.54, 1.807) is 23.7 Å². The maximum absolute atomic E-state index is 12.3. The van der Waals surface area contributed by atoms with Gasteiger partial charge in [0.15, 0.2) is 0 Å². The van der Waals surface area contributed by atoms with Crippen LogP contribution in [-0.2, 0) is 16.1 Å². The first kappa shape index (κ1) is 18.8. The predicted octanol–water partition coefficient (Wildman–Crippen LogP) is 0.423. The molecule has 0 bridgehead atoms. The summed E-state index contributed by atoms with van der Waals surface area (Å²) in [6.45, 7) is 3.05. The number of amides is 1. The Hall–Kier alpha value is -3.01. The average molecular weight is 375 g/mol. The van der Waals surface area contributed by atoms with Crippen LogP contribution in [-0.4, -0.2) is 62.5 Å². The van der Waals surface area contributed by atoms with Gasteiger partial charge in [0.25, 0.3) is 0 Å². The Kier molecular flexibility index (Phi) is 5.97. The Labute approximate surface area is 155 Å². The summed E-state index contributed by atoms with van der Waals surface area (Å²) in [7, 11) is 0. The number of carbonyl (C=O) groups excluding carboxylic acids is 1. The van der Waals surface area contributed by atoms with Gasteiger partial charge in [0.1, 0.15) is 17.7 Å². The number of nitrogens with zero attached hydrogens (tertiary/aromatic N) is 4. The van der Waals surface area contributed by atoms with E-state index in [4.69, 9.17) is 14.6 Å². The summed E-state index contributed by atoms with van der Waals surface area (Å²) < 4.78 is 12.9. The fourth-order valence-corrected chi connectivity index (χ4v) is 2.79. The minimum atomic E-state index is -0.995. The van der Waals surface area contributed by atoms with Gasteiger partial charge in [-0.2, -0.15) is 0 Å². The van der Waals surface area contributed by atoms with Gasteiger partial charge in [-0.25, -0.2) is 9.48 Å². The van der Waals surface area contributed by atoms with E-state index in [-0.39, 0.29) is 30.0 Å². The first-order chi connectivity index (χ1) is 13.0. The lowest BCUT2D eigenvalue weighted by atomic mass is 10.1. The van der Waals surface area contributed by atoms with Crippen LogP contribution in [0, 0.1) is 6.92 Å². The Balaban J connectivity index is 1.55. The standard InChI is InChI=1S/C17H21N5O5/c1-11-19-20-21-22(11)8-6-16(23)18-14-7-9-26-10-15(14)27-13-4-2-12(3-5-13)17(24)25/h2-5,14-15H,6-10H2,1H3,(H,18,23)(H,24,25)/t14-,15-/m1/s1. The summed E-state index contributed by atoms with van der Waals surface area (Å²) in [5.41, 5.74) is 0.185. The van der Waals surface area contributed by atoms with Crippen molar-refractivity contribution in [3.8, 4) is 5.75 Å². The number of carboxylic acids is 1. The summed E-state index contributed by atoms with van der Waals surface area (Å²) in [5, 5.41) is 23.1. The highest BCUT2D eigenvalue weighted by molar-refractivity contribution is 5.87. The Bertz CT molecular complexity index is 791.